The number of carbonyl (C=O) groups excluding carboxylic acids is 3. The van der Waals surface area contributed by atoms with Gasteiger partial charge in [-0.25, -0.2) is 12.7 Å². The number of fused-ring (bicyclic) bond motifs is 1. The van der Waals surface area contributed by atoms with E-state index >= 15 is 0 Å². The van der Waals surface area contributed by atoms with Crippen molar-refractivity contribution >= 4 is 50.9 Å². The van der Waals surface area contributed by atoms with E-state index in [0.717, 1.165) is 36.4 Å². The van der Waals surface area contributed by atoms with Crippen LogP contribution in [0.15, 0.2) is 47.4 Å². The first-order valence-electron chi connectivity index (χ1n) is 12.8. The molecule has 1 aliphatic carbocycles. The Morgan fingerprint density at radius 2 is 1.79 bits per heavy atom. The smallest absolute Gasteiger partial charge is 0.269 e. The minimum Gasteiger partial charge on any atom is -0.352 e. The summed E-state index contributed by atoms with van der Waals surface area (Å²) in [6.45, 7) is 1.67. The lowest BCUT2D eigenvalue weighted by Gasteiger charge is -2.31. The first-order chi connectivity index (χ1) is 18.1. The molecule has 1 saturated carbocycles. The average molecular weight is 581 g/mol. The number of carbonyl (C=O) groups is 3. The van der Waals surface area contributed by atoms with Crippen molar-refractivity contribution in [1.82, 2.24) is 14.5 Å². The number of hydrogen-bond acceptors (Lipinski definition) is 5. The summed E-state index contributed by atoms with van der Waals surface area (Å²) in [6.07, 6.45) is 5.19. The molecule has 0 spiro atoms. The standard InChI is InChI=1S/C27H31Cl2N3O5S/c1-18(26(34)30-20-8-3-2-4-9-20)31(17-19-13-14-22(28)23(29)16-19)25(33)12-7-15-32-27(35)21-10-5-6-11-24(21)38(32,36)37/h5-6,10-11,13-14,16,18,20H,2-4,7-9,12,15,17H2,1H3,(H,30,34)/t18-/m1/s1. The summed E-state index contributed by atoms with van der Waals surface area (Å²) in [7, 11) is -3.95. The molecule has 204 valence electrons. The van der Waals surface area contributed by atoms with E-state index in [-0.39, 0.29) is 54.2 Å². The highest BCUT2D eigenvalue weighted by molar-refractivity contribution is 7.90. The molecule has 4 rings (SSSR count). The number of rotatable bonds is 9. The van der Waals surface area contributed by atoms with Crippen LogP contribution in [0.2, 0.25) is 10.0 Å². The number of nitrogens with zero attached hydrogens (tertiary/aromatic N) is 2. The Balaban J connectivity index is 1.45. The third-order valence-electron chi connectivity index (χ3n) is 7.12. The van der Waals surface area contributed by atoms with Gasteiger partial charge in [0.25, 0.3) is 15.9 Å². The number of amides is 3. The molecule has 1 atom stereocenters. The maximum absolute atomic E-state index is 13.4. The molecule has 2 aromatic rings. The van der Waals surface area contributed by atoms with Crippen LogP contribution in [0.5, 0.6) is 0 Å². The summed E-state index contributed by atoms with van der Waals surface area (Å²) >= 11 is 12.2. The summed E-state index contributed by atoms with van der Waals surface area (Å²) < 4.78 is 26.5. The number of hydrogen-bond donors (Lipinski definition) is 1. The van der Waals surface area contributed by atoms with Gasteiger partial charge >= 0.3 is 0 Å². The van der Waals surface area contributed by atoms with E-state index in [9.17, 15) is 22.8 Å². The molecule has 2 aromatic carbocycles. The van der Waals surface area contributed by atoms with Gasteiger partial charge in [-0.05, 0) is 56.0 Å². The predicted octanol–water partition coefficient (Wildman–Crippen LogP) is 4.78. The van der Waals surface area contributed by atoms with Crippen LogP contribution >= 0.6 is 23.2 Å². The van der Waals surface area contributed by atoms with Crippen molar-refractivity contribution in [2.45, 2.75) is 75.4 Å². The van der Waals surface area contributed by atoms with E-state index in [2.05, 4.69) is 5.32 Å². The molecule has 11 heteroatoms. The van der Waals surface area contributed by atoms with Crippen molar-refractivity contribution in [3.63, 3.8) is 0 Å². The zero-order valence-electron chi connectivity index (χ0n) is 21.2. The molecule has 0 unspecified atom stereocenters. The molecule has 1 fully saturated rings. The van der Waals surface area contributed by atoms with E-state index in [1.54, 1.807) is 37.3 Å². The minimum atomic E-state index is -3.95. The largest absolute Gasteiger partial charge is 0.352 e. The maximum atomic E-state index is 13.4. The van der Waals surface area contributed by atoms with Crippen LogP contribution < -0.4 is 5.32 Å². The summed E-state index contributed by atoms with van der Waals surface area (Å²) in [5, 5.41) is 3.80. The van der Waals surface area contributed by atoms with E-state index in [0.29, 0.717) is 15.6 Å². The highest BCUT2D eigenvalue weighted by Crippen LogP contribution is 2.30. The summed E-state index contributed by atoms with van der Waals surface area (Å²) in [6, 6.07) is 10.4. The molecule has 38 heavy (non-hydrogen) atoms. The van der Waals surface area contributed by atoms with Crippen molar-refractivity contribution in [1.29, 1.82) is 0 Å². The second-order valence-electron chi connectivity index (χ2n) is 9.77. The number of halogens is 2. The van der Waals surface area contributed by atoms with E-state index < -0.39 is 22.0 Å². The van der Waals surface area contributed by atoms with Gasteiger partial charge in [0.2, 0.25) is 11.8 Å². The van der Waals surface area contributed by atoms with Crippen molar-refractivity contribution in [2.24, 2.45) is 0 Å². The fourth-order valence-electron chi connectivity index (χ4n) is 4.96. The average Bonchev–Trinajstić information content (AvgIpc) is 3.10. The highest BCUT2D eigenvalue weighted by Gasteiger charge is 2.40. The Morgan fingerprint density at radius 3 is 2.47 bits per heavy atom. The van der Waals surface area contributed by atoms with Crippen LogP contribution in [0.4, 0.5) is 0 Å². The molecule has 0 aromatic heterocycles. The Hall–Kier alpha value is -2.62. The molecule has 1 heterocycles. The second-order valence-corrected chi connectivity index (χ2v) is 12.4. The third-order valence-corrected chi connectivity index (χ3v) is 9.70. The molecule has 8 nitrogen and oxygen atoms in total. The molecular weight excluding hydrogens is 549 g/mol. The Kier molecular flexibility index (Phi) is 9.00. The number of sulfonamides is 1. The van der Waals surface area contributed by atoms with Gasteiger partial charge in [0.05, 0.1) is 15.6 Å². The zero-order valence-corrected chi connectivity index (χ0v) is 23.5. The third kappa shape index (κ3) is 6.16. The summed E-state index contributed by atoms with van der Waals surface area (Å²) in [4.78, 5) is 40.7. The molecule has 1 N–H and O–H groups in total. The lowest BCUT2D eigenvalue weighted by molar-refractivity contribution is -0.141. The first-order valence-corrected chi connectivity index (χ1v) is 15.0. The van der Waals surface area contributed by atoms with Crippen molar-refractivity contribution < 1.29 is 22.8 Å². The van der Waals surface area contributed by atoms with E-state index in [1.165, 1.54) is 17.0 Å². The number of benzene rings is 2. The minimum absolute atomic E-state index is 0.0226. The molecule has 2 aliphatic rings. The molecule has 0 radical (unpaired) electrons. The lowest BCUT2D eigenvalue weighted by atomic mass is 9.95. The topological polar surface area (TPSA) is 104 Å². The van der Waals surface area contributed by atoms with Gasteiger partial charge in [0, 0.05) is 25.6 Å². The lowest BCUT2D eigenvalue weighted by Crippen LogP contribution is -2.50. The maximum Gasteiger partial charge on any atom is 0.269 e. The summed E-state index contributed by atoms with van der Waals surface area (Å²) in [5.41, 5.74) is 0.839. The molecule has 0 bridgehead atoms. The highest BCUT2D eigenvalue weighted by atomic mass is 35.5. The molecule has 1 aliphatic heterocycles. The van der Waals surface area contributed by atoms with Crippen molar-refractivity contribution in [2.75, 3.05) is 6.54 Å². The predicted molar refractivity (Wildman–Crippen MR) is 145 cm³/mol. The first kappa shape index (κ1) is 28.4. The quantitative estimate of drug-likeness (QED) is 0.460. The molecule has 3 amide bonds. The van der Waals surface area contributed by atoms with Gasteiger partial charge in [-0.1, -0.05) is 60.7 Å². The fraction of sp³-hybridized carbons (Fsp3) is 0.444. The van der Waals surface area contributed by atoms with Crippen molar-refractivity contribution in [3.8, 4) is 0 Å². The van der Waals surface area contributed by atoms with Gasteiger partial charge in [0.1, 0.15) is 10.9 Å². The van der Waals surface area contributed by atoms with Crippen LogP contribution in [0.25, 0.3) is 0 Å². The van der Waals surface area contributed by atoms with Gasteiger partial charge in [-0.3, -0.25) is 14.4 Å². The van der Waals surface area contributed by atoms with Gasteiger partial charge in [-0.2, -0.15) is 0 Å². The molecule has 0 saturated heterocycles. The Morgan fingerprint density at radius 1 is 1.08 bits per heavy atom. The van der Waals surface area contributed by atoms with Crippen molar-refractivity contribution in [3.05, 3.63) is 63.6 Å². The SMILES string of the molecule is C[C@H](C(=O)NC1CCCCC1)N(Cc1ccc(Cl)c(Cl)c1)C(=O)CCCN1C(=O)c2ccccc2S1(=O)=O. The fourth-order valence-corrected chi connectivity index (χ4v) is 6.88. The van der Waals surface area contributed by atoms with Crippen LogP contribution in [-0.4, -0.2) is 54.0 Å². The van der Waals surface area contributed by atoms with Gasteiger partial charge in [-0.15, -0.1) is 0 Å². The van der Waals surface area contributed by atoms with Crippen LogP contribution in [0, 0.1) is 0 Å². The van der Waals surface area contributed by atoms with Crippen LogP contribution in [0.1, 0.15) is 67.8 Å². The van der Waals surface area contributed by atoms with E-state index in [1.807, 2.05) is 0 Å². The van der Waals surface area contributed by atoms with Crippen LogP contribution in [-0.2, 0) is 26.2 Å². The van der Waals surface area contributed by atoms with Gasteiger partial charge in [0.15, 0.2) is 0 Å². The summed E-state index contributed by atoms with van der Waals surface area (Å²) in [5.74, 6) is -1.16. The van der Waals surface area contributed by atoms with Gasteiger partial charge < -0.3 is 10.2 Å². The normalized spacial score (nSPS) is 17.7. The number of nitrogens with one attached hydrogen (secondary N) is 1. The Bertz CT molecular complexity index is 1330. The van der Waals surface area contributed by atoms with Crippen LogP contribution in [0.3, 0.4) is 0 Å². The monoisotopic (exact) mass is 579 g/mol. The molecular formula is C27H31Cl2N3O5S. The second kappa shape index (κ2) is 12.1. The zero-order chi connectivity index (χ0) is 27.4. The van der Waals surface area contributed by atoms with E-state index in [4.69, 9.17) is 23.2 Å². The Labute approximate surface area is 233 Å².